The molecule has 0 fully saturated rings. The maximum absolute atomic E-state index is 3.54. The van der Waals surface area contributed by atoms with Crippen LogP contribution in [0.5, 0.6) is 0 Å². The summed E-state index contributed by atoms with van der Waals surface area (Å²) in [6.45, 7) is 5.63. The lowest BCUT2D eigenvalue weighted by Crippen LogP contribution is -2.22. The zero-order valence-corrected chi connectivity index (χ0v) is 9.14. The first-order valence-electron chi connectivity index (χ1n) is 5.69. The smallest absolute Gasteiger partial charge is 0.0375 e. The molecule has 1 heterocycles. The van der Waals surface area contributed by atoms with Crippen molar-refractivity contribution >= 4 is 5.69 Å². The van der Waals surface area contributed by atoms with Gasteiger partial charge in [-0.25, -0.2) is 0 Å². The molecule has 76 valence electrons. The molecule has 2 rings (SSSR count). The monoisotopic (exact) mass is 189 g/mol. The summed E-state index contributed by atoms with van der Waals surface area (Å²) in [6.07, 6.45) is 3.66. The Morgan fingerprint density at radius 2 is 2.21 bits per heavy atom. The molecule has 0 aliphatic carbocycles. The summed E-state index contributed by atoms with van der Waals surface area (Å²) in [4.78, 5) is 0. The molecule has 1 unspecified atom stereocenters. The molecule has 14 heavy (non-hydrogen) atoms. The predicted octanol–water partition coefficient (Wildman–Crippen LogP) is 3.24. The number of benzene rings is 1. The molecule has 1 aliphatic heterocycles. The van der Waals surface area contributed by atoms with Crippen LogP contribution < -0.4 is 5.32 Å². The van der Waals surface area contributed by atoms with Crippen molar-refractivity contribution in [2.45, 2.75) is 33.1 Å². The van der Waals surface area contributed by atoms with E-state index in [9.17, 15) is 0 Å². The molecular formula is C13H19N. The molecule has 0 aromatic heterocycles. The van der Waals surface area contributed by atoms with Crippen LogP contribution in [0.25, 0.3) is 0 Å². The van der Waals surface area contributed by atoms with E-state index in [1.54, 1.807) is 0 Å². The quantitative estimate of drug-likeness (QED) is 0.753. The molecule has 0 saturated carbocycles. The molecule has 0 saturated heterocycles. The van der Waals surface area contributed by atoms with Gasteiger partial charge in [0.1, 0.15) is 0 Å². The second-order valence-corrected chi connectivity index (χ2v) is 4.20. The topological polar surface area (TPSA) is 12.0 Å². The number of hydrogen-bond donors (Lipinski definition) is 1. The van der Waals surface area contributed by atoms with Crippen molar-refractivity contribution in [3.63, 3.8) is 0 Å². The van der Waals surface area contributed by atoms with Gasteiger partial charge < -0.3 is 5.32 Å². The maximum atomic E-state index is 3.54. The third-order valence-corrected chi connectivity index (χ3v) is 3.25. The summed E-state index contributed by atoms with van der Waals surface area (Å²) < 4.78 is 0. The minimum absolute atomic E-state index is 0.829. The van der Waals surface area contributed by atoms with Crippen molar-refractivity contribution in [1.29, 1.82) is 0 Å². The highest BCUT2D eigenvalue weighted by molar-refractivity contribution is 5.55. The van der Waals surface area contributed by atoms with Crippen LogP contribution in [0.15, 0.2) is 18.2 Å². The van der Waals surface area contributed by atoms with Crippen LogP contribution in [-0.4, -0.2) is 6.54 Å². The fourth-order valence-corrected chi connectivity index (χ4v) is 2.11. The van der Waals surface area contributed by atoms with Crippen molar-refractivity contribution < 1.29 is 0 Å². The molecule has 1 aromatic rings. The van der Waals surface area contributed by atoms with Gasteiger partial charge in [-0.3, -0.25) is 0 Å². The van der Waals surface area contributed by atoms with Crippen LogP contribution in [0.3, 0.4) is 0 Å². The lowest BCUT2D eigenvalue weighted by atomic mass is 9.91. The molecule has 0 spiro atoms. The minimum atomic E-state index is 0.829. The first-order valence-corrected chi connectivity index (χ1v) is 5.69. The van der Waals surface area contributed by atoms with Gasteiger partial charge in [0.2, 0.25) is 0 Å². The average molecular weight is 189 g/mol. The van der Waals surface area contributed by atoms with E-state index in [0.717, 1.165) is 18.9 Å². The zero-order valence-electron chi connectivity index (χ0n) is 9.14. The summed E-state index contributed by atoms with van der Waals surface area (Å²) in [5.41, 5.74) is 4.31. The van der Waals surface area contributed by atoms with E-state index in [1.807, 2.05) is 0 Å². The van der Waals surface area contributed by atoms with E-state index < -0.39 is 0 Å². The van der Waals surface area contributed by atoms with Crippen molar-refractivity contribution in [2.24, 2.45) is 5.92 Å². The summed E-state index contributed by atoms with van der Waals surface area (Å²) in [5, 5.41) is 3.54. The van der Waals surface area contributed by atoms with Gasteiger partial charge in [-0.05, 0) is 36.0 Å². The van der Waals surface area contributed by atoms with Crippen LogP contribution in [0.2, 0.25) is 0 Å². The van der Waals surface area contributed by atoms with Gasteiger partial charge in [0, 0.05) is 12.2 Å². The molecule has 1 N–H and O–H groups in total. The van der Waals surface area contributed by atoms with Gasteiger partial charge in [-0.1, -0.05) is 32.4 Å². The standard InChI is InChI=1S/C13H19N/c1-3-10-5-6-12-7-11(4-2)9-14-13(12)8-10/h5-6,8,11,14H,3-4,7,9H2,1-2H3. The first kappa shape index (κ1) is 9.57. The highest BCUT2D eigenvalue weighted by atomic mass is 14.9. The van der Waals surface area contributed by atoms with Gasteiger partial charge in [0.25, 0.3) is 0 Å². The Hall–Kier alpha value is -0.980. The molecule has 0 amide bonds. The van der Waals surface area contributed by atoms with Crippen molar-refractivity contribution in [1.82, 2.24) is 0 Å². The summed E-state index contributed by atoms with van der Waals surface area (Å²) in [5.74, 6) is 0.829. The lowest BCUT2D eigenvalue weighted by molar-refractivity contribution is 0.520. The largest absolute Gasteiger partial charge is 0.385 e. The second kappa shape index (κ2) is 4.04. The fourth-order valence-electron chi connectivity index (χ4n) is 2.11. The van der Waals surface area contributed by atoms with Crippen LogP contribution >= 0.6 is 0 Å². The van der Waals surface area contributed by atoms with E-state index >= 15 is 0 Å². The highest BCUT2D eigenvalue weighted by Gasteiger charge is 2.16. The Kier molecular flexibility index (Phi) is 2.76. The number of anilines is 1. The molecular weight excluding hydrogens is 170 g/mol. The summed E-state index contributed by atoms with van der Waals surface area (Å²) >= 11 is 0. The Bertz CT molecular complexity index is 317. The maximum Gasteiger partial charge on any atom is 0.0375 e. The zero-order chi connectivity index (χ0) is 9.97. The van der Waals surface area contributed by atoms with E-state index in [4.69, 9.17) is 0 Å². The minimum Gasteiger partial charge on any atom is -0.385 e. The average Bonchev–Trinajstić information content (AvgIpc) is 2.27. The van der Waals surface area contributed by atoms with E-state index in [-0.39, 0.29) is 0 Å². The molecule has 0 radical (unpaired) electrons. The summed E-state index contributed by atoms with van der Waals surface area (Å²) in [7, 11) is 0. The Balaban J connectivity index is 2.23. The van der Waals surface area contributed by atoms with Gasteiger partial charge in [-0.2, -0.15) is 0 Å². The summed E-state index contributed by atoms with van der Waals surface area (Å²) in [6, 6.07) is 6.86. The van der Waals surface area contributed by atoms with E-state index in [2.05, 4.69) is 37.4 Å². The number of nitrogens with one attached hydrogen (secondary N) is 1. The Morgan fingerprint density at radius 1 is 1.36 bits per heavy atom. The normalized spacial score (nSPS) is 20.0. The van der Waals surface area contributed by atoms with Crippen LogP contribution in [0, 0.1) is 5.92 Å². The molecule has 1 heteroatoms. The Morgan fingerprint density at radius 3 is 2.93 bits per heavy atom. The third-order valence-electron chi connectivity index (χ3n) is 3.25. The number of rotatable bonds is 2. The van der Waals surface area contributed by atoms with Crippen molar-refractivity contribution in [3.05, 3.63) is 29.3 Å². The number of fused-ring (bicyclic) bond motifs is 1. The van der Waals surface area contributed by atoms with Crippen molar-refractivity contribution in [3.8, 4) is 0 Å². The SMILES string of the molecule is CCc1ccc2c(c1)NCC(CC)C2. The molecule has 1 nitrogen and oxygen atoms in total. The van der Waals surface area contributed by atoms with Crippen molar-refractivity contribution in [2.75, 3.05) is 11.9 Å². The van der Waals surface area contributed by atoms with E-state index in [1.165, 1.54) is 29.7 Å². The number of hydrogen-bond acceptors (Lipinski definition) is 1. The van der Waals surface area contributed by atoms with Crippen LogP contribution in [0.4, 0.5) is 5.69 Å². The molecule has 1 aromatic carbocycles. The van der Waals surface area contributed by atoms with Gasteiger partial charge in [-0.15, -0.1) is 0 Å². The van der Waals surface area contributed by atoms with Gasteiger partial charge in [0.15, 0.2) is 0 Å². The second-order valence-electron chi connectivity index (χ2n) is 4.20. The van der Waals surface area contributed by atoms with Gasteiger partial charge >= 0.3 is 0 Å². The van der Waals surface area contributed by atoms with E-state index in [0.29, 0.717) is 0 Å². The van der Waals surface area contributed by atoms with Crippen LogP contribution in [-0.2, 0) is 12.8 Å². The molecule has 1 aliphatic rings. The number of aryl methyl sites for hydroxylation is 1. The lowest BCUT2D eigenvalue weighted by Gasteiger charge is -2.25. The Labute approximate surface area is 86.5 Å². The van der Waals surface area contributed by atoms with Gasteiger partial charge in [0.05, 0.1) is 0 Å². The predicted molar refractivity (Wildman–Crippen MR) is 61.8 cm³/mol. The molecule has 1 atom stereocenters. The van der Waals surface area contributed by atoms with Crippen LogP contribution in [0.1, 0.15) is 31.4 Å². The molecule has 0 bridgehead atoms. The first-order chi connectivity index (χ1) is 6.83. The fraction of sp³-hybridized carbons (Fsp3) is 0.538. The third kappa shape index (κ3) is 1.77. The highest BCUT2D eigenvalue weighted by Crippen LogP contribution is 2.27.